The highest BCUT2D eigenvalue weighted by molar-refractivity contribution is 6.01. The van der Waals surface area contributed by atoms with Crippen molar-refractivity contribution in [2.75, 3.05) is 44.7 Å². The number of rotatable bonds is 6. The van der Waals surface area contributed by atoms with E-state index in [0.717, 1.165) is 96.9 Å². The topological polar surface area (TPSA) is 94.1 Å². The van der Waals surface area contributed by atoms with Crippen molar-refractivity contribution in [1.29, 1.82) is 0 Å². The number of likely N-dealkylation sites (N-methyl/N-ethyl adjacent to an activating group) is 1. The number of aromatic nitrogens is 2. The maximum Gasteiger partial charge on any atom is 0.319 e. The Bertz CT molecular complexity index is 1710. The Morgan fingerprint density at radius 2 is 1.82 bits per heavy atom. The zero-order chi connectivity index (χ0) is 29.8. The summed E-state index contributed by atoms with van der Waals surface area (Å²) in [5, 5.41) is 17.0. The van der Waals surface area contributed by atoms with Crippen LogP contribution in [0.25, 0.3) is 32.8 Å². The molecule has 228 valence electrons. The van der Waals surface area contributed by atoms with Gasteiger partial charge in [-0.2, -0.15) is 9.97 Å². The molecule has 4 atom stereocenters. The van der Waals surface area contributed by atoms with Gasteiger partial charge in [0, 0.05) is 36.6 Å². The highest BCUT2D eigenvalue weighted by atomic mass is 16.5. The van der Waals surface area contributed by atoms with Crippen molar-refractivity contribution in [2.24, 2.45) is 0 Å². The Kier molecular flexibility index (Phi) is 7.02. The monoisotopic (exact) mass is 592 g/mol. The number of benzene rings is 3. The molecule has 0 radical (unpaired) electrons. The summed E-state index contributed by atoms with van der Waals surface area (Å²) in [6, 6.07) is 19.2. The molecule has 0 spiro atoms. The number of anilines is 1. The van der Waals surface area contributed by atoms with Crippen LogP contribution in [0.1, 0.15) is 38.5 Å². The van der Waals surface area contributed by atoms with Gasteiger partial charge in [0.15, 0.2) is 0 Å². The van der Waals surface area contributed by atoms with Gasteiger partial charge in [0.25, 0.3) is 0 Å². The Morgan fingerprint density at radius 1 is 0.977 bits per heavy atom. The maximum atomic E-state index is 13.3. The lowest BCUT2D eigenvalue weighted by Gasteiger charge is -2.42. The molecule has 1 amide bonds. The van der Waals surface area contributed by atoms with E-state index in [1.165, 1.54) is 6.42 Å². The second kappa shape index (κ2) is 11.2. The predicted molar refractivity (Wildman–Crippen MR) is 172 cm³/mol. The van der Waals surface area contributed by atoms with Gasteiger partial charge in [-0.1, -0.05) is 30.3 Å². The molecule has 0 saturated carbocycles. The van der Waals surface area contributed by atoms with Crippen molar-refractivity contribution in [3.63, 3.8) is 0 Å². The summed E-state index contributed by atoms with van der Waals surface area (Å²) in [5.74, 6) is 1.39. The van der Waals surface area contributed by atoms with Crippen LogP contribution in [0, 0.1) is 0 Å². The van der Waals surface area contributed by atoms with Crippen LogP contribution < -0.4 is 15.0 Å². The van der Waals surface area contributed by atoms with Crippen molar-refractivity contribution in [3.05, 3.63) is 54.6 Å². The molecule has 9 nitrogen and oxygen atoms in total. The first-order chi connectivity index (χ1) is 21.5. The Hall–Kier alpha value is -3.95. The van der Waals surface area contributed by atoms with Crippen LogP contribution >= 0.6 is 0 Å². The first-order valence-corrected chi connectivity index (χ1v) is 16.2. The molecule has 1 aromatic heterocycles. The largest absolute Gasteiger partial charge is 0.508 e. The number of hydrogen-bond acceptors (Lipinski definition) is 8. The van der Waals surface area contributed by atoms with Crippen LogP contribution in [-0.2, 0) is 4.79 Å². The average molecular weight is 593 g/mol. The molecule has 5 heterocycles. The number of fused-ring (bicyclic) bond motifs is 4. The Balaban J connectivity index is 1.18. The molecule has 2 N–H and O–H groups in total. The molecular weight excluding hydrogens is 552 g/mol. The molecule has 4 fully saturated rings. The van der Waals surface area contributed by atoms with E-state index >= 15 is 0 Å². The number of carbonyl (C=O) groups is 1. The summed E-state index contributed by atoms with van der Waals surface area (Å²) < 4.78 is 6.35. The fourth-order valence-electron chi connectivity index (χ4n) is 7.96. The number of carbonyl (C=O) groups excluding carboxylic acids is 1. The zero-order valence-electron chi connectivity index (χ0n) is 25.3. The van der Waals surface area contributed by atoms with E-state index in [1.807, 2.05) is 24.3 Å². The van der Waals surface area contributed by atoms with Gasteiger partial charge in [0.1, 0.15) is 18.2 Å². The van der Waals surface area contributed by atoms with Crippen LogP contribution in [0.3, 0.4) is 0 Å². The van der Waals surface area contributed by atoms with Gasteiger partial charge in [-0.3, -0.25) is 4.79 Å². The number of likely N-dealkylation sites (tertiary alicyclic amines) is 2. The third-order valence-corrected chi connectivity index (χ3v) is 10.3. The van der Waals surface area contributed by atoms with Crippen LogP contribution in [0.2, 0.25) is 0 Å². The standard InChI is InChI=1S/C35H40N6O3/c1-39-15-5-7-26(39)21-44-35-37-32-17-23(30-18-27(42)16-22-6-2-3-8-28(22)30)10-13-29(32)33(38-35)41-24-11-12-25(41)20-40(19-24)34(43)31-9-4-14-36-31/h2-3,6,8,10,13,16-18,24-26,31,36,42H,4-5,7,9,11-12,14-15,19-21H2,1H3/t24?,25?,26-,31+/m0/s1. The summed E-state index contributed by atoms with van der Waals surface area (Å²) in [4.78, 5) is 30.3. The second-order valence-electron chi connectivity index (χ2n) is 13.0. The number of nitrogens with zero attached hydrogens (tertiary/aromatic N) is 5. The summed E-state index contributed by atoms with van der Waals surface area (Å²) in [6.45, 7) is 4.00. The number of amides is 1. The SMILES string of the molecule is CN1CCC[C@H]1COc1nc(N2C3CCC2CN(C(=O)[C@H]2CCCN2)C3)c2ccc(-c3cc(O)cc4ccccc34)cc2n1. The first kappa shape index (κ1) is 27.6. The fraction of sp³-hybridized carbons (Fsp3) is 0.457. The first-order valence-electron chi connectivity index (χ1n) is 16.2. The van der Waals surface area contributed by atoms with Crippen molar-refractivity contribution in [1.82, 2.24) is 25.1 Å². The molecular formula is C35H40N6O3. The third-order valence-electron chi connectivity index (χ3n) is 10.3. The number of phenolic OH excluding ortho intramolecular Hbond substituents is 1. The van der Waals surface area contributed by atoms with Crippen molar-refractivity contribution >= 4 is 33.4 Å². The van der Waals surface area contributed by atoms with E-state index in [2.05, 4.69) is 51.3 Å². The zero-order valence-corrected chi connectivity index (χ0v) is 25.3. The number of ether oxygens (including phenoxy) is 1. The molecule has 4 saturated heterocycles. The van der Waals surface area contributed by atoms with Gasteiger partial charge in [-0.25, -0.2) is 0 Å². The Labute approximate surface area is 257 Å². The van der Waals surface area contributed by atoms with Crippen molar-refractivity contribution in [2.45, 2.75) is 62.7 Å². The van der Waals surface area contributed by atoms with E-state index in [4.69, 9.17) is 14.7 Å². The lowest BCUT2D eigenvalue weighted by Crippen LogP contribution is -2.58. The highest BCUT2D eigenvalue weighted by Crippen LogP contribution is 2.40. The number of phenols is 1. The van der Waals surface area contributed by atoms with Crippen molar-refractivity contribution < 1.29 is 14.6 Å². The summed E-state index contributed by atoms with van der Waals surface area (Å²) in [5.41, 5.74) is 2.77. The van der Waals surface area contributed by atoms with Gasteiger partial charge in [-0.15, -0.1) is 0 Å². The van der Waals surface area contributed by atoms with Crippen molar-refractivity contribution in [3.8, 4) is 22.9 Å². The lowest BCUT2D eigenvalue weighted by molar-refractivity contribution is -0.134. The summed E-state index contributed by atoms with van der Waals surface area (Å²) in [7, 11) is 2.15. The normalized spacial score (nSPS) is 25.4. The maximum absolute atomic E-state index is 13.3. The van der Waals surface area contributed by atoms with Gasteiger partial charge < -0.3 is 29.9 Å². The van der Waals surface area contributed by atoms with E-state index in [0.29, 0.717) is 18.7 Å². The minimum Gasteiger partial charge on any atom is -0.508 e. The molecule has 0 aliphatic carbocycles. The molecule has 4 aliphatic rings. The van der Waals surface area contributed by atoms with E-state index in [9.17, 15) is 9.90 Å². The molecule has 8 rings (SSSR count). The van der Waals surface area contributed by atoms with Crippen LogP contribution in [0.15, 0.2) is 54.6 Å². The summed E-state index contributed by atoms with van der Waals surface area (Å²) in [6.07, 6.45) is 6.36. The predicted octanol–water partition coefficient (Wildman–Crippen LogP) is 4.56. The van der Waals surface area contributed by atoms with E-state index in [1.54, 1.807) is 6.07 Å². The van der Waals surface area contributed by atoms with Gasteiger partial charge in [-0.05, 0) is 105 Å². The highest BCUT2D eigenvalue weighted by Gasteiger charge is 2.44. The minimum absolute atomic E-state index is 0.0403. The molecule has 2 unspecified atom stereocenters. The smallest absolute Gasteiger partial charge is 0.319 e. The summed E-state index contributed by atoms with van der Waals surface area (Å²) >= 11 is 0. The van der Waals surface area contributed by atoms with Crippen LogP contribution in [-0.4, -0.2) is 94.8 Å². The fourth-order valence-corrected chi connectivity index (χ4v) is 7.96. The average Bonchev–Trinajstić information content (AvgIpc) is 3.78. The number of aromatic hydroxyl groups is 1. The van der Waals surface area contributed by atoms with Gasteiger partial charge >= 0.3 is 6.01 Å². The molecule has 2 bridgehead atoms. The molecule has 4 aromatic rings. The number of nitrogens with one attached hydrogen (secondary N) is 1. The molecule has 9 heteroatoms. The minimum atomic E-state index is -0.0403. The number of piperazine rings is 1. The third kappa shape index (κ3) is 4.92. The van der Waals surface area contributed by atoms with Crippen LogP contribution in [0.5, 0.6) is 11.8 Å². The molecule has 44 heavy (non-hydrogen) atoms. The van der Waals surface area contributed by atoms with Gasteiger partial charge in [0.2, 0.25) is 5.91 Å². The lowest BCUT2D eigenvalue weighted by atomic mass is 9.97. The quantitative estimate of drug-likeness (QED) is 0.337. The molecule has 3 aromatic carbocycles. The Morgan fingerprint density at radius 3 is 2.59 bits per heavy atom. The van der Waals surface area contributed by atoms with E-state index < -0.39 is 0 Å². The van der Waals surface area contributed by atoms with Crippen LogP contribution in [0.4, 0.5) is 5.82 Å². The van der Waals surface area contributed by atoms with Gasteiger partial charge in [0.05, 0.1) is 11.6 Å². The molecule has 4 aliphatic heterocycles. The van der Waals surface area contributed by atoms with E-state index in [-0.39, 0.29) is 29.8 Å². The number of hydrogen-bond donors (Lipinski definition) is 2. The second-order valence-corrected chi connectivity index (χ2v) is 13.0.